The zero-order valence-corrected chi connectivity index (χ0v) is 10.2. The quantitative estimate of drug-likeness (QED) is 0.669. The topological polar surface area (TPSA) is 82.2 Å². The summed E-state index contributed by atoms with van der Waals surface area (Å²) in [4.78, 5) is 4.66. The number of rotatable bonds is 2. The van der Waals surface area contributed by atoms with Crippen molar-refractivity contribution in [2.24, 2.45) is 16.5 Å². The van der Waals surface area contributed by atoms with Gasteiger partial charge >= 0.3 is 0 Å². The Balaban J connectivity index is 2.69. The van der Waals surface area contributed by atoms with E-state index in [1.807, 2.05) is 6.92 Å². The van der Waals surface area contributed by atoms with E-state index in [1.54, 1.807) is 10.9 Å². The number of nitrogens with two attached hydrogens (primary N) is 2. The third-order valence-corrected chi connectivity index (χ3v) is 3.14. The summed E-state index contributed by atoms with van der Waals surface area (Å²) in [5.74, 6) is 0. The highest BCUT2D eigenvalue weighted by molar-refractivity contribution is 5.36. The predicted octanol–water partition coefficient (Wildman–Crippen LogP) is -1.25. The Morgan fingerprint density at radius 2 is 2.35 bits per heavy atom. The first-order valence-corrected chi connectivity index (χ1v) is 5.89. The molecule has 0 amide bonds. The lowest BCUT2D eigenvalue weighted by Gasteiger charge is -2.20. The molecule has 0 atom stereocenters. The van der Waals surface area contributed by atoms with E-state index in [-0.39, 0.29) is 0 Å². The normalized spacial score (nSPS) is 19.1. The lowest BCUT2D eigenvalue weighted by molar-refractivity contribution is 0.411. The van der Waals surface area contributed by atoms with Crippen LogP contribution < -0.4 is 27.4 Å². The Morgan fingerprint density at radius 3 is 2.82 bits per heavy atom. The fourth-order valence-corrected chi connectivity index (χ4v) is 1.93. The maximum absolute atomic E-state index is 5.91. The number of hydrogen-bond donors (Lipinski definition) is 2. The van der Waals surface area contributed by atoms with Gasteiger partial charge in [0.05, 0.1) is 29.6 Å². The van der Waals surface area contributed by atoms with Gasteiger partial charge in [-0.2, -0.15) is 5.10 Å². The van der Waals surface area contributed by atoms with Gasteiger partial charge in [-0.1, -0.05) is 6.58 Å². The fourth-order valence-electron chi connectivity index (χ4n) is 1.93. The second kappa shape index (κ2) is 4.71. The van der Waals surface area contributed by atoms with Crippen LogP contribution in [-0.2, 0) is 6.67 Å². The fraction of sp³-hybridized carbons (Fsp3) is 0.500. The predicted molar refractivity (Wildman–Crippen MR) is 67.7 cm³/mol. The summed E-state index contributed by atoms with van der Waals surface area (Å²) in [6.07, 6.45) is 5.29. The lowest BCUT2D eigenvalue weighted by Crippen LogP contribution is -2.49. The van der Waals surface area contributed by atoms with E-state index >= 15 is 0 Å². The minimum absolute atomic E-state index is 0.294. The molecule has 92 valence electrons. The van der Waals surface area contributed by atoms with Crippen molar-refractivity contribution in [3.63, 3.8) is 0 Å². The highest BCUT2D eigenvalue weighted by Gasteiger charge is 2.15. The van der Waals surface area contributed by atoms with Gasteiger partial charge in [-0.05, 0) is 26.2 Å². The van der Waals surface area contributed by atoms with Crippen LogP contribution in [0.4, 0.5) is 0 Å². The zero-order chi connectivity index (χ0) is 12.4. The molecule has 17 heavy (non-hydrogen) atoms. The van der Waals surface area contributed by atoms with Crippen LogP contribution in [0.2, 0.25) is 0 Å². The van der Waals surface area contributed by atoms with Gasteiger partial charge in [-0.15, -0.1) is 0 Å². The van der Waals surface area contributed by atoms with Crippen LogP contribution in [0, 0.1) is 0 Å². The van der Waals surface area contributed by atoms with Crippen molar-refractivity contribution in [1.29, 1.82) is 0 Å². The van der Waals surface area contributed by atoms with Crippen LogP contribution in [0.15, 0.2) is 11.2 Å². The van der Waals surface area contributed by atoms with Gasteiger partial charge in [0.2, 0.25) is 0 Å². The minimum Gasteiger partial charge on any atom is -0.402 e. The van der Waals surface area contributed by atoms with Crippen LogP contribution in [0.1, 0.15) is 26.2 Å². The van der Waals surface area contributed by atoms with Crippen LogP contribution in [0.25, 0.3) is 12.3 Å². The lowest BCUT2D eigenvalue weighted by atomic mass is 9.94. The van der Waals surface area contributed by atoms with Crippen molar-refractivity contribution < 1.29 is 0 Å². The van der Waals surface area contributed by atoms with Gasteiger partial charge in [0, 0.05) is 10.9 Å². The van der Waals surface area contributed by atoms with E-state index in [9.17, 15) is 0 Å². The van der Waals surface area contributed by atoms with Crippen LogP contribution in [0.5, 0.6) is 0 Å². The summed E-state index contributed by atoms with van der Waals surface area (Å²) >= 11 is 0. The van der Waals surface area contributed by atoms with E-state index < -0.39 is 0 Å². The smallest absolute Gasteiger partial charge is 0.0889 e. The first kappa shape index (κ1) is 11.9. The molecule has 2 rings (SSSR count). The average Bonchev–Trinajstić information content (AvgIpc) is 2.23. The van der Waals surface area contributed by atoms with E-state index in [1.165, 1.54) is 6.42 Å². The first-order chi connectivity index (χ1) is 8.13. The molecule has 1 saturated carbocycles. The van der Waals surface area contributed by atoms with Crippen molar-refractivity contribution in [2.45, 2.75) is 38.9 Å². The number of nitrogens with zero attached hydrogens (tertiary/aromatic N) is 3. The second-order valence-corrected chi connectivity index (χ2v) is 4.43. The van der Waals surface area contributed by atoms with Gasteiger partial charge < -0.3 is 11.5 Å². The molecular formula is C12H19N5. The summed E-state index contributed by atoms with van der Waals surface area (Å²) in [5, 5.41) is 6.66. The first-order valence-electron chi connectivity index (χ1n) is 5.89. The van der Waals surface area contributed by atoms with Gasteiger partial charge in [-0.25, -0.2) is 0 Å². The van der Waals surface area contributed by atoms with E-state index in [4.69, 9.17) is 11.5 Å². The number of aromatic nitrogens is 2. The van der Waals surface area contributed by atoms with Crippen molar-refractivity contribution >= 4 is 12.3 Å². The van der Waals surface area contributed by atoms with Crippen molar-refractivity contribution in [3.05, 3.63) is 22.1 Å². The molecule has 0 radical (unpaired) electrons. The minimum atomic E-state index is 0.294. The van der Waals surface area contributed by atoms with E-state index in [2.05, 4.69) is 16.7 Å². The SMILES string of the molecule is C=c1c(=C(C)N)c(=NC2CCC2)cnn1CN. The van der Waals surface area contributed by atoms with Crippen molar-refractivity contribution in [2.75, 3.05) is 0 Å². The average molecular weight is 233 g/mol. The third-order valence-electron chi connectivity index (χ3n) is 3.14. The molecule has 1 heterocycles. The molecule has 0 unspecified atom stereocenters. The molecule has 5 heteroatoms. The van der Waals surface area contributed by atoms with Crippen LogP contribution in [0.3, 0.4) is 0 Å². The van der Waals surface area contributed by atoms with Gasteiger partial charge in [0.1, 0.15) is 0 Å². The maximum Gasteiger partial charge on any atom is 0.0889 e. The highest BCUT2D eigenvalue weighted by Crippen LogP contribution is 2.20. The maximum atomic E-state index is 5.91. The molecule has 0 aromatic carbocycles. The highest BCUT2D eigenvalue weighted by atomic mass is 15.3. The Hall–Kier alpha value is -1.62. The third kappa shape index (κ3) is 2.24. The standard InChI is InChI=1S/C12H19N5/c1-8(14)12-9(2)17(7-13)15-6-11(12)16-10-4-3-5-10/h6,10H,2-5,7,13-14H2,1H3. The van der Waals surface area contributed by atoms with Gasteiger partial charge in [0.25, 0.3) is 0 Å². The number of hydrogen-bond acceptors (Lipinski definition) is 4. The molecule has 0 spiro atoms. The van der Waals surface area contributed by atoms with E-state index in [0.29, 0.717) is 18.4 Å². The summed E-state index contributed by atoms with van der Waals surface area (Å²) < 4.78 is 1.63. The molecular weight excluding hydrogens is 214 g/mol. The molecule has 5 nitrogen and oxygen atoms in total. The Kier molecular flexibility index (Phi) is 3.28. The molecule has 0 aliphatic heterocycles. The monoisotopic (exact) mass is 233 g/mol. The molecule has 1 fully saturated rings. The molecule has 1 aliphatic rings. The summed E-state index contributed by atoms with van der Waals surface area (Å²) in [5.41, 5.74) is 12.2. The van der Waals surface area contributed by atoms with Crippen LogP contribution in [-0.4, -0.2) is 15.8 Å². The van der Waals surface area contributed by atoms with Crippen molar-refractivity contribution in [1.82, 2.24) is 9.78 Å². The largest absolute Gasteiger partial charge is 0.402 e. The summed E-state index contributed by atoms with van der Waals surface area (Å²) in [6, 6.07) is 0.419. The Morgan fingerprint density at radius 1 is 1.65 bits per heavy atom. The summed E-state index contributed by atoms with van der Waals surface area (Å²) in [7, 11) is 0. The van der Waals surface area contributed by atoms with E-state index in [0.717, 1.165) is 28.8 Å². The van der Waals surface area contributed by atoms with Gasteiger partial charge in [-0.3, -0.25) is 9.67 Å². The molecule has 1 aromatic heterocycles. The molecule has 1 aliphatic carbocycles. The van der Waals surface area contributed by atoms with Crippen molar-refractivity contribution in [3.8, 4) is 0 Å². The molecule has 4 N–H and O–H groups in total. The summed E-state index contributed by atoms with van der Waals surface area (Å²) in [6.45, 7) is 6.13. The van der Waals surface area contributed by atoms with Gasteiger partial charge in [0.15, 0.2) is 0 Å². The Labute approximate surface area is 100 Å². The zero-order valence-electron chi connectivity index (χ0n) is 10.2. The molecule has 0 saturated heterocycles. The molecule has 1 aromatic rings. The van der Waals surface area contributed by atoms with Crippen LogP contribution >= 0.6 is 0 Å². The Bertz CT molecular complexity index is 576. The second-order valence-electron chi connectivity index (χ2n) is 4.43. The molecule has 0 bridgehead atoms.